The number of pyridine rings is 1. The van der Waals surface area contributed by atoms with Crippen LogP contribution in [0, 0.1) is 6.92 Å². The summed E-state index contributed by atoms with van der Waals surface area (Å²) in [6.07, 6.45) is 2.87. The highest BCUT2D eigenvalue weighted by Gasteiger charge is 2.34. The molecule has 1 aromatic heterocycles. The van der Waals surface area contributed by atoms with E-state index in [1.807, 2.05) is 0 Å². The minimum Gasteiger partial charge on any atom is -0.480 e. The number of hydrogen-bond donors (Lipinski definition) is 2. The van der Waals surface area contributed by atoms with Crippen LogP contribution in [0.1, 0.15) is 18.5 Å². The summed E-state index contributed by atoms with van der Waals surface area (Å²) >= 11 is 0. The van der Waals surface area contributed by atoms with E-state index in [0.29, 0.717) is 24.3 Å². The zero-order valence-corrected chi connectivity index (χ0v) is 10.1. The number of carbonyl (C=O) groups excluding carboxylic acids is 1. The Labute approximate surface area is 105 Å². The number of aromatic nitrogens is 1. The number of aliphatic carboxylic acids is 1. The molecular formula is C12H15N3O3. The molecule has 0 radical (unpaired) electrons. The first-order valence-electron chi connectivity index (χ1n) is 5.81. The van der Waals surface area contributed by atoms with Gasteiger partial charge in [-0.2, -0.15) is 0 Å². The van der Waals surface area contributed by atoms with E-state index in [-0.39, 0.29) is 6.03 Å². The number of aryl methyl sites for hydroxylation is 1. The predicted molar refractivity (Wildman–Crippen MR) is 65.4 cm³/mol. The van der Waals surface area contributed by atoms with E-state index in [4.69, 9.17) is 5.11 Å². The van der Waals surface area contributed by atoms with Crippen molar-refractivity contribution in [3.63, 3.8) is 0 Å². The molecule has 1 aliphatic rings. The fourth-order valence-electron chi connectivity index (χ4n) is 2.07. The van der Waals surface area contributed by atoms with E-state index in [0.717, 1.165) is 6.42 Å². The lowest BCUT2D eigenvalue weighted by atomic mass is 10.2. The largest absolute Gasteiger partial charge is 0.480 e. The van der Waals surface area contributed by atoms with Crippen LogP contribution in [0.5, 0.6) is 0 Å². The summed E-state index contributed by atoms with van der Waals surface area (Å²) in [6.45, 7) is 2.26. The van der Waals surface area contributed by atoms with Crippen LogP contribution in [-0.4, -0.2) is 39.6 Å². The third kappa shape index (κ3) is 2.42. The van der Waals surface area contributed by atoms with Crippen molar-refractivity contribution < 1.29 is 14.7 Å². The van der Waals surface area contributed by atoms with Crippen LogP contribution in [0.25, 0.3) is 0 Å². The van der Waals surface area contributed by atoms with E-state index in [1.54, 1.807) is 25.3 Å². The average molecular weight is 249 g/mol. The van der Waals surface area contributed by atoms with Crippen LogP contribution >= 0.6 is 0 Å². The molecule has 1 atom stereocenters. The molecule has 1 fully saturated rings. The van der Waals surface area contributed by atoms with E-state index >= 15 is 0 Å². The number of carboxylic acids is 1. The topological polar surface area (TPSA) is 82.5 Å². The standard InChI is InChI=1S/C12H15N3O3/c1-8-9(4-2-6-13-8)14-12(18)15-7-3-5-10(15)11(16)17/h2,4,6,10H,3,5,7H2,1H3,(H,14,18)(H,16,17)/t10-/m0/s1. The average Bonchev–Trinajstić information content (AvgIpc) is 2.81. The summed E-state index contributed by atoms with van der Waals surface area (Å²) in [5, 5.41) is 11.7. The van der Waals surface area contributed by atoms with Gasteiger partial charge in [0.2, 0.25) is 0 Å². The Hall–Kier alpha value is -2.11. The zero-order valence-electron chi connectivity index (χ0n) is 10.1. The summed E-state index contributed by atoms with van der Waals surface area (Å²) in [5.74, 6) is -0.953. The molecule has 1 saturated heterocycles. The number of rotatable bonds is 2. The van der Waals surface area contributed by atoms with Crippen molar-refractivity contribution >= 4 is 17.7 Å². The molecule has 6 nitrogen and oxygen atoms in total. The summed E-state index contributed by atoms with van der Waals surface area (Å²) in [5.41, 5.74) is 1.32. The highest BCUT2D eigenvalue weighted by molar-refractivity contribution is 5.93. The second-order valence-corrected chi connectivity index (χ2v) is 4.26. The van der Waals surface area contributed by atoms with Crippen molar-refractivity contribution in [1.29, 1.82) is 0 Å². The van der Waals surface area contributed by atoms with Crippen molar-refractivity contribution in [2.24, 2.45) is 0 Å². The van der Waals surface area contributed by atoms with Gasteiger partial charge in [-0.3, -0.25) is 4.98 Å². The minimum atomic E-state index is -0.953. The summed E-state index contributed by atoms with van der Waals surface area (Å²) < 4.78 is 0. The van der Waals surface area contributed by atoms with Gasteiger partial charge in [0.1, 0.15) is 6.04 Å². The molecule has 18 heavy (non-hydrogen) atoms. The first kappa shape index (κ1) is 12.3. The monoisotopic (exact) mass is 249 g/mol. The summed E-state index contributed by atoms with van der Waals surface area (Å²) in [7, 11) is 0. The lowest BCUT2D eigenvalue weighted by Crippen LogP contribution is -2.42. The second kappa shape index (κ2) is 5.03. The van der Waals surface area contributed by atoms with Crippen molar-refractivity contribution in [1.82, 2.24) is 9.88 Å². The van der Waals surface area contributed by atoms with Gasteiger partial charge in [-0.15, -0.1) is 0 Å². The number of carboxylic acid groups (broad SMARTS) is 1. The molecule has 6 heteroatoms. The Balaban J connectivity index is 2.08. The fraction of sp³-hybridized carbons (Fsp3) is 0.417. The molecular weight excluding hydrogens is 234 g/mol. The zero-order chi connectivity index (χ0) is 13.1. The van der Waals surface area contributed by atoms with Gasteiger partial charge in [-0.25, -0.2) is 9.59 Å². The van der Waals surface area contributed by atoms with E-state index in [1.165, 1.54) is 4.90 Å². The molecule has 2 amide bonds. The Morgan fingerprint density at radius 1 is 1.56 bits per heavy atom. The molecule has 0 aliphatic carbocycles. The van der Waals surface area contributed by atoms with E-state index < -0.39 is 12.0 Å². The Kier molecular flexibility index (Phi) is 3.45. The molecule has 0 bridgehead atoms. The van der Waals surface area contributed by atoms with Gasteiger partial charge in [0.05, 0.1) is 11.4 Å². The molecule has 2 heterocycles. The third-order valence-electron chi connectivity index (χ3n) is 3.05. The van der Waals surface area contributed by atoms with Gasteiger partial charge in [0, 0.05) is 12.7 Å². The van der Waals surface area contributed by atoms with Crippen molar-refractivity contribution in [2.75, 3.05) is 11.9 Å². The van der Waals surface area contributed by atoms with Gasteiger partial charge in [0.25, 0.3) is 0 Å². The Morgan fingerprint density at radius 2 is 2.33 bits per heavy atom. The number of hydrogen-bond acceptors (Lipinski definition) is 3. The van der Waals surface area contributed by atoms with Gasteiger partial charge in [-0.1, -0.05) is 0 Å². The van der Waals surface area contributed by atoms with Crippen LogP contribution < -0.4 is 5.32 Å². The normalized spacial score (nSPS) is 18.7. The predicted octanol–water partition coefficient (Wildman–Crippen LogP) is 1.47. The van der Waals surface area contributed by atoms with Crippen molar-refractivity contribution in [2.45, 2.75) is 25.8 Å². The minimum absolute atomic E-state index is 0.379. The maximum Gasteiger partial charge on any atom is 0.326 e. The molecule has 2 N–H and O–H groups in total. The quantitative estimate of drug-likeness (QED) is 0.831. The maximum absolute atomic E-state index is 12.0. The van der Waals surface area contributed by atoms with Crippen molar-refractivity contribution in [3.8, 4) is 0 Å². The van der Waals surface area contributed by atoms with Crippen LogP contribution in [-0.2, 0) is 4.79 Å². The molecule has 0 unspecified atom stereocenters. The Morgan fingerprint density at radius 3 is 3.00 bits per heavy atom. The summed E-state index contributed by atoms with van der Waals surface area (Å²) in [4.78, 5) is 28.4. The third-order valence-corrected chi connectivity index (χ3v) is 3.05. The van der Waals surface area contributed by atoms with Crippen LogP contribution in [0.3, 0.4) is 0 Å². The number of amides is 2. The summed E-state index contributed by atoms with van der Waals surface area (Å²) in [6, 6.07) is 2.37. The maximum atomic E-state index is 12.0. The SMILES string of the molecule is Cc1ncccc1NC(=O)N1CCC[C@H]1C(=O)O. The number of anilines is 1. The second-order valence-electron chi connectivity index (χ2n) is 4.26. The van der Waals surface area contributed by atoms with Gasteiger partial charge in [0.15, 0.2) is 0 Å². The lowest BCUT2D eigenvalue weighted by Gasteiger charge is -2.22. The molecule has 0 saturated carbocycles. The first-order chi connectivity index (χ1) is 8.59. The molecule has 2 rings (SSSR count). The number of likely N-dealkylation sites (tertiary alicyclic amines) is 1. The highest BCUT2D eigenvalue weighted by Crippen LogP contribution is 2.19. The number of nitrogens with one attached hydrogen (secondary N) is 1. The highest BCUT2D eigenvalue weighted by atomic mass is 16.4. The number of nitrogens with zero attached hydrogens (tertiary/aromatic N) is 2. The van der Waals surface area contributed by atoms with Crippen LogP contribution in [0.2, 0.25) is 0 Å². The first-order valence-corrected chi connectivity index (χ1v) is 5.81. The Bertz CT molecular complexity index is 475. The van der Waals surface area contributed by atoms with Gasteiger partial charge in [-0.05, 0) is 31.9 Å². The lowest BCUT2D eigenvalue weighted by molar-refractivity contribution is -0.141. The smallest absolute Gasteiger partial charge is 0.326 e. The van der Waals surface area contributed by atoms with Crippen molar-refractivity contribution in [3.05, 3.63) is 24.0 Å². The molecule has 1 aliphatic heterocycles. The molecule has 0 spiro atoms. The van der Waals surface area contributed by atoms with E-state index in [2.05, 4.69) is 10.3 Å². The van der Waals surface area contributed by atoms with Crippen LogP contribution in [0.15, 0.2) is 18.3 Å². The van der Waals surface area contributed by atoms with E-state index in [9.17, 15) is 9.59 Å². The number of urea groups is 1. The fourth-order valence-corrected chi connectivity index (χ4v) is 2.07. The number of carbonyl (C=O) groups is 2. The molecule has 96 valence electrons. The molecule has 0 aromatic carbocycles. The van der Waals surface area contributed by atoms with Crippen LogP contribution in [0.4, 0.5) is 10.5 Å². The molecule has 1 aromatic rings. The van der Waals surface area contributed by atoms with Gasteiger partial charge >= 0.3 is 12.0 Å². The van der Waals surface area contributed by atoms with Gasteiger partial charge < -0.3 is 15.3 Å².